The van der Waals surface area contributed by atoms with Gasteiger partial charge in [0.1, 0.15) is 17.5 Å². The Kier molecular flexibility index (Phi) is 27.4. The predicted molar refractivity (Wildman–Crippen MR) is 593 cm³/mol. The van der Waals surface area contributed by atoms with E-state index in [0.717, 1.165) is 117 Å². The van der Waals surface area contributed by atoms with Crippen LogP contribution in [-0.4, -0.2) is 56.1 Å². The van der Waals surface area contributed by atoms with E-state index < -0.39 is 0 Å². The van der Waals surface area contributed by atoms with Gasteiger partial charge in [-0.1, -0.05) is 167 Å². The Morgan fingerprint density at radius 1 is 0.260 bits per heavy atom. The van der Waals surface area contributed by atoms with Gasteiger partial charge >= 0.3 is 0 Å². The number of fused-ring (bicyclic) bond motifs is 12. The summed E-state index contributed by atoms with van der Waals surface area (Å²) < 4.78 is 20.4. The first-order valence-corrected chi connectivity index (χ1v) is 49.6. The maximum Gasteiger partial charge on any atom is 0.188 e. The summed E-state index contributed by atoms with van der Waals surface area (Å²) in [5.74, 6) is 2.66. The number of para-hydroxylation sites is 9. The number of hydrogen-bond acceptors (Lipinski definition) is 3. The van der Waals surface area contributed by atoms with Crippen LogP contribution in [0, 0.1) is 77.9 Å². The maximum atomic E-state index is 4.94. The molecule has 0 atom stereocenters. The molecule has 15 heteroatoms. The predicted octanol–water partition coefficient (Wildman–Crippen LogP) is 32.1. The van der Waals surface area contributed by atoms with Crippen LogP contribution in [0.15, 0.2) is 365 Å². The molecule has 15 aromatic carbocycles. The molecule has 0 radical (unpaired) electrons. The third kappa shape index (κ3) is 17.8. The topological polar surface area (TPSA) is 83.0 Å². The maximum absolute atomic E-state index is 4.94. The van der Waals surface area contributed by atoms with Crippen LogP contribution < -0.4 is 0 Å². The molecular formula is C131H115N12Pt3-3. The van der Waals surface area contributed by atoms with Gasteiger partial charge in [0.2, 0.25) is 0 Å². The zero-order valence-corrected chi connectivity index (χ0v) is 92.4. The second-order valence-electron chi connectivity index (χ2n) is 41.3. The van der Waals surface area contributed by atoms with Crippen molar-refractivity contribution < 1.29 is 63.2 Å². The summed E-state index contributed by atoms with van der Waals surface area (Å²) in [7, 11) is 2.09. The SMILES string of the molecule is Cc1cccc(C)c1-c1ccnc(-n2c3[c-]c(C(C)(C)c4[c-]c(-n5[cH+]n(C(C)(C)C)c6ccccc65)ccc4)ccc3c3ccccc32)c1.Cc1cccc(C)c1-c1ccnc(-n2c3[c-]c(C(C)(C)c4[c-]c(-n5[cH+]n(C(C)C)c6ccccc65)ccc4)ccc3c3ccccc32)c1.Cc1cccc(C)c1-c1ccnc(-n2c3[c-]c(C(C)(C)c4[c-]c(-n5[cH+]n(C)c6ccccc65)ccc4)ccc3c3ccccc32)c1.[Pt].[Pt].[Pt]. The van der Waals surface area contributed by atoms with Gasteiger partial charge in [0.05, 0.1) is 11.6 Å². The molecule has 146 heavy (non-hydrogen) atoms. The smallest absolute Gasteiger partial charge is 0.188 e. The quantitative estimate of drug-likeness (QED) is 0.0904. The van der Waals surface area contributed by atoms with E-state index in [1.165, 1.54) is 116 Å². The minimum atomic E-state index is -0.373. The molecule has 24 aromatic rings. The fraction of sp³-hybridized carbons (Fsp3) is 0.176. The second-order valence-corrected chi connectivity index (χ2v) is 41.3. The second kappa shape index (κ2) is 39.9. The number of aryl methyl sites for hydroxylation is 7. The minimum absolute atomic E-state index is 0. The number of imidazole rings is 3. The van der Waals surface area contributed by atoms with Crippen LogP contribution in [0.3, 0.4) is 0 Å². The van der Waals surface area contributed by atoms with Crippen LogP contribution >= 0.6 is 0 Å². The molecule has 0 aliphatic carbocycles. The largest absolute Gasteiger partial charge is 0.319 e. The van der Waals surface area contributed by atoms with Gasteiger partial charge in [-0.15, -0.1) is 69.2 Å². The van der Waals surface area contributed by atoms with Gasteiger partial charge in [0.25, 0.3) is 0 Å². The fourth-order valence-corrected chi connectivity index (χ4v) is 21.7. The molecule has 0 bridgehead atoms. The standard InChI is InChI=1S/C45H41N4.C44H39N4.C42H35N4.3Pt/c1-30-14-12-15-31(2)43(30)32-24-25-46-42(26-32)49-38-19-9-8-18-36(38)37-23-22-34(28-41(37)49)45(6,7)33-16-13-17-35(27-33)47-29-48(44(3,4)5)40-21-11-10-20-39(40)47;1-29(2)46-28-47(40-20-10-9-19-39(40)46)35-16-12-15-33(26-35)44(5,6)34-21-22-37-36-17-7-8-18-38(36)48(41(37)27-34)42-25-32(23-24-45-42)43-30(3)13-11-14-31(43)4;1-28-12-10-13-29(2)41(28)30-22-23-43-40(24-30)46-36-17-7-6-16-34(36)35-21-20-32(26-39(35)46)42(3,4)31-14-11-15-33(25-31)45-27-44(5)37-18-8-9-19-38(37)45;;;/h8-26,29H,1-7H3;7-25,28-29H,1-6H3;6-24,27H,1-5H3;;;/q3*-1;;;. The number of pyridine rings is 3. The molecule has 0 unspecified atom stereocenters. The third-order valence-electron chi connectivity index (χ3n) is 29.5. The monoisotopic (exact) mass is 2440 g/mol. The van der Waals surface area contributed by atoms with Gasteiger partial charge in [-0.05, 0) is 266 Å². The molecule has 12 nitrogen and oxygen atoms in total. The van der Waals surface area contributed by atoms with E-state index in [2.05, 4.69) is 549 Å². The average molecular weight is 2440 g/mol. The van der Waals surface area contributed by atoms with Crippen molar-refractivity contribution in [1.82, 2.24) is 56.1 Å². The first-order chi connectivity index (χ1) is 69.0. The number of benzene rings is 15. The van der Waals surface area contributed by atoms with Gasteiger partial charge in [0, 0.05) is 159 Å². The van der Waals surface area contributed by atoms with Crippen molar-refractivity contribution in [2.45, 2.75) is 146 Å². The van der Waals surface area contributed by atoms with Crippen molar-refractivity contribution in [3.63, 3.8) is 0 Å². The number of rotatable bonds is 16. The van der Waals surface area contributed by atoms with Crippen molar-refractivity contribution in [2.24, 2.45) is 7.05 Å². The minimum Gasteiger partial charge on any atom is -0.319 e. The number of nitrogens with zero attached hydrogens (tertiary/aromatic N) is 12. The molecule has 0 aliphatic rings. The first kappa shape index (κ1) is 100. The molecule has 9 heterocycles. The van der Waals surface area contributed by atoms with Gasteiger partial charge in [-0.2, -0.15) is 108 Å². The van der Waals surface area contributed by atoms with Crippen molar-refractivity contribution >= 4 is 98.5 Å². The Balaban J connectivity index is 0.000000137. The van der Waals surface area contributed by atoms with E-state index in [0.29, 0.717) is 6.04 Å². The van der Waals surface area contributed by atoms with E-state index in [1.807, 2.05) is 18.6 Å². The van der Waals surface area contributed by atoms with Crippen LogP contribution in [0.2, 0.25) is 0 Å². The van der Waals surface area contributed by atoms with Gasteiger partial charge in [-0.25, -0.2) is 42.4 Å². The summed E-state index contributed by atoms with van der Waals surface area (Å²) in [5, 5.41) is 7.07. The molecule has 0 fully saturated rings. The summed E-state index contributed by atoms with van der Waals surface area (Å²) >= 11 is 0. The van der Waals surface area contributed by atoms with Crippen molar-refractivity contribution in [3.8, 4) is 67.9 Å². The molecule has 9 aromatic heterocycles. The Labute approximate surface area is 898 Å². The summed E-state index contributed by atoms with van der Waals surface area (Å²) in [5.41, 5.74) is 36.9. The van der Waals surface area contributed by atoms with Crippen LogP contribution in [-0.2, 0) is 92.0 Å². The molecule has 732 valence electrons. The zero-order chi connectivity index (χ0) is 98.8. The number of hydrogen-bond donors (Lipinski definition) is 0. The number of aromatic nitrogens is 12. The van der Waals surface area contributed by atoms with Gasteiger partial charge in [0.15, 0.2) is 52.1 Å². The molecule has 24 rings (SSSR count). The molecule has 0 spiro atoms. The fourth-order valence-electron chi connectivity index (χ4n) is 21.7. The Hall–Kier alpha value is -14.4. The third-order valence-corrected chi connectivity index (χ3v) is 29.5. The molecular weight excluding hydrogens is 2330 g/mol. The Bertz CT molecular complexity index is 9090. The van der Waals surface area contributed by atoms with Crippen molar-refractivity contribution in [2.75, 3.05) is 0 Å². The van der Waals surface area contributed by atoms with Crippen LogP contribution in [0.25, 0.3) is 166 Å². The van der Waals surface area contributed by atoms with E-state index in [9.17, 15) is 0 Å². The molecule has 0 saturated carbocycles. The normalized spacial score (nSPS) is 11.9. The van der Waals surface area contributed by atoms with Gasteiger partial charge in [-0.3, -0.25) is 0 Å². The van der Waals surface area contributed by atoms with Crippen molar-refractivity contribution in [1.29, 1.82) is 0 Å². The van der Waals surface area contributed by atoms with Crippen molar-refractivity contribution in [3.05, 3.63) is 468 Å². The van der Waals surface area contributed by atoms with E-state index in [4.69, 9.17) is 15.0 Å². The van der Waals surface area contributed by atoms with Gasteiger partial charge < -0.3 is 13.7 Å². The van der Waals surface area contributed by atoms with Crippen LogP contribution in [0.1, 0.15) is 149 Å². The van der Waals surface area contributed by atoms with Crippen LogP contribution in [0.4, 0.5) is 0 Å². The Morgan fingerprint density at radius 3 is 0.870 bits per heavy atom. The summed E-state index contributed by atoms with van der Waals surface area (Å²) in [4.78, 5) is 14.8. The van der Waals surface area contributed by atoms with E-state index >= 15 is 0 Å². The summed E-state index contributed by atoms with van der Waals surface area (Å²) in [6.07, 6.45) is 12.3. The first-order valence-electron chi connectivity index (χ1n) is 49.6. The summed E-state index contributed by atoms with van der Waals surface area (Å²) in [6, 6.07) is 140. The van der Waals surface area contributed by atoms with Crippen LogP contribution in [0.5, 0.6) is 0 Å². The van der Waals surface area contributed by atoms with E-state index in [-0.39, 0.29) is 85.0 Å². The molecule has 0 saturated heterocycles. The molecule has 0 aliphatic heterocycles. The molecule has 0 amide bonds. The molecule has 0 N–H and O–H groups in total. The zero-order valence-electron chi connectivity index (χ0n) is 85.5. The average Bonchev–Trinajstić information content (AvgIpc) is 1.58. The Morgan fingerprint density at radius 2 is 0.534 bits per heavy atom. The van der Waals surface area contributed by atoms with E-state index in [1.54, 1.807) is 0 Å². The summed E-state index contributed by atoms with van der Waals surface area (Å²) in [6.45, 7) is 37.9.